The molecule has 0 radical (unpaired) electrons. The monoisotopic (exact) mass is 353 g/mol. The Morgan fingerprint density at radius 3 is 2.65 bits per heavy atom. The summed E-state index contributed by atoms with van der Waals surface area (Å²) in [6, 6.07) is 9.01. The van der Waals surface area contributed by atoms with Gasteiger partial charge in [-0.15, -0.1) is 10.2 Å². The number of nitrogens with zero attached hydrogens (tertiary/aromatic N) is 3. The number of carbonyl (C=O) groups is 2. The summed E-state index contributed by atoms with van der Waals surface area (Å²) in [4.78, 5) is 24.2. The standard InChI is InChI=1S/C19H23N5O2/c25-17(12-20-19(26)14-4-2-1-3-5-14)21-15-8-9-16-22-23-18(13-6-7-13)24(16)11-10-15/h1-5,13,15H,6-12H2,(H,20,26)(H,21,25). The average Bonchev–Trinajstić information content (AvgIpc) is 3.46. The van der Waals surface area contributed by atoms with Crippen LogP contribution < -0.4 is 10.6 Å². The van der Waals surface area contributed by atoms with Gasteiger partial charge in [0, 0.05) is 30.5 Å². The fourth-order valence-corrected chi connectivity index (χ4v) is 3.43. The largest absolute Gasteiger partial charge is 0.352 e. The third kappa shape index (κ3) is 3.76. The molecule has 1 fully saturated rings. The molecule has 0 spiro atoms. The molecule has 1 atom stereocenters. The highest BCUT2D eigenvalue weighted by Gasteiger charge is 2.31. The van der Waals surface area contributed by atoms with E-state index in [9.17, 15) is 9.59 Å². The summed E-state index contributed by atoms with van der Waals surface area (Å²) in [7, 11) is 0. The number of fused-ring (bicyclic) bond motifs is 1. The molecule has 2 amide bonds. The van der Waals surface area contributed by atoms with E-state index in [0.29, 0.717) is 11.5 Å². The maximum atomic E-state index is 12.2. The maximum Gasteiger partial charge on any atom is 0.251 e. The van der Waals surface area contributed by atoms with Crippen LogP contribution in [0.1, 0.15) is 53.6 Å². The third-order valence-electron chi connectivity index (χ3n) is 5.03. The van der Waals surface area contributed by atoms with Gasteiger partial charge in [-0.1, -0.05) is 18.2 Å². The summed E-state index contributed by atoms with van der Waals surface area (Å²) in [6.07, 6.45) is 4.95. The highest BCUT2D eigenvalue weighted by molar-refractivity contribution is 5.96. The minimum atomic E-state index is -0.234. The minimum absolute atomic E-state index is 0.0102. The minimum Gasteiger partial charge on any atom is -0.352 e. The Morgan fingerprint density at radius 1 is 1.08 bits per heavy atom. The summed E-state index contributed by atoms with van der Waals surface area (Å²) in [5.74, 6) is 2.33. The molecule has 1 aliphatic heterocycles. The first-order valence-corrected chi connectivity index (χ1v) is 9.25. The van der Waals surface area contributed by atoms with Gasteiger partial charge in [-0.3, -0.25) is 9.59 Å². The first-order chi connectivity index (χ1) is 12.7. The molecule has 1 unspecified atom stereocenters. The average molecular weight is 353 g/mol. The normalized spacial score (nSPS) is 19.3. The molecule has 2 heterocycles. The van der Waals surface area contributed by atoms with Crippen LogP contribution in [0.5, 0.6) is 0 Å². The van der Waals surface area contributed by atoms with E-state index in [1.165, 1.54) is 12.8 Å². The molecule has 2 aliphatic rings. The summed E-state index contributed by atoms with van der Waals surface area (Å²) in [6.45, 7) is 0.832. The van der Waals surface area contributed by atoms with Crippen LogP contribution in [-0.4, -0.2) is 39.2 Å². The smallest absolute Gasteiger partial charge is 0.251 e. The van der Waals surface area contributed by atoms with Gasteiger partial charge in [0.05, 0.1) is 6.54 Å². The van der Waals surface area contributed by atoms with E-state index in [0.717, 1.165) is 37.5 Å². The molecule has 0 saturated heterocycles. The number of hydrogen-bond donors (Lipinski definition) is 2. The van der Waals surface area contributed by atoms with Crippen LogP contribution in [0.2, 0.25) is 0 Å². The number of hydrogen-bond acceptors (Lipinski definition) is 4. The van der Waals surface area contributed by atoms with Gasteiger partial charge in [0.2, 0.25) is 5.91 Å². The fraction of sp³-hybridized carbons (Fsp3) is 0.474. The van der Waals surface area contributed by atoms with Crippen molar-refractivity contribution in [3.05, 3.63) is 47.5 Å². The lowest BCUT2D eigenvalue weighted by atomic mass is 10.1. The van der Waals surface area contributed by atoms with Crippen LogP contribution in [0.15, 0.2) is 30.3 Å². The Bertz CT molecular complexity index is 798. The van der Waals surface area contributed by atoms with E-state index in [1.54, 1.807) is 24.3 Å². The molecule has 4 rings (SSSR count). The van der Waals surface area contributed by atoms with E-state index in [4.69, 9.17) is 0 Å². The molecular weight excluding hydrogens is 330 g/mol. The second-order valence-electron chi connectivity index (χ2n) is 7.04. The molecule has 2 N–H and O–H groups in total. The second-order valence-corrected chi connectivity index (χ2v) is 7.04. The van der Waals surface area contributed by atoms with Gasteiger partial charge in [0.15, 0.2) is 0 Å². The second kappa shape index (κ2) is 7.27. The van der Waals surface area contributed by atoms with Crippen LogP contribution in [0.4, 0.5) is 0 Å². The van der Waals surface area contributed by atoms with Crippen molar-refractivity contribution in [2.75, 3.05) is 6.54 Å². The van der Waals surface area contributed by atoms with Crippen LogP contribution in [0.3, 0.4) is 0 Å². The number of amides is 2. The summed E-state index contributed by atoms with van der Waals surface area (Å²) >= 11 is 0. The summed E-state index contributed by atoms with van der Waals surface area (Å²) in [5.41, 5.74) is 0.556. The Morgan fingerprint density at radius 2 is 1.88 bits per heavy atom. The van der Waals surface area contributed by atoms with Gasteiger partial charge in [-0.2, -0.15) is 0 Å². The van der Waals surface area contributed by atoms with Gasteiger partial charge in [-0.05, 0) is 37.8 Å². The Hall–Kier alpha value is -2.70. The SMILES string of the molecule is O=C(CNC(=O)c1ccccc1)NC1CCc2nnc(C3CC3)n2CC1. The molecule has 0 bridgehead atoms. The van der Waals surface area contributed by atoms with Gasteiger partial charge in [-0.25, -0.2) is 0 Å². The Labute approximate surface area is 152 Å². The zero-order valence-corrected chi connectivity index (χ0v) is 14.6. The van der Waals surface area contributed by atoms with E-state index in [-0.39, 0.29) is 24.4 Å². The summed E-state index contributed by atoms with van der Waals surface area (Å²) in [5, 5.41) is 14.4. The lowest BCUT2D eigenvalue weighted by Crippen LogP contribution is -2.42. The highest BCUT2D eigenvalue weighted by atomic mass is 16.2. The van der Waals surface area contributed by atoms with Crippen LogP contribution in [0.25, 0.3) is 0 Å². The van der Waals surface area contributed by atoms with Crippen molar-refractivity contribution < 1.29 is 9.59 Å². The van der Waals surface area contributed by atoms with Crippen molar-refractivity contribution in [3.63, 3.8) is 0 Å². The summed E-state index contributed by atoms with van der Waals surface area (Å²) < 4.78 is 2.24. The fourth-order valence-electron chi connectivity index (χ4n) is 3.43. The topological polar surface area (TPSA) is 88.9 Å². The molecule has 26 heavy (non-hydrogen) atoms. The van der Waals surface area contributed by atoms with Crippen molar-refractivity contribution in [2.45, 2.75) is 50.6 Å². The first kappa shape index (κ1) is 16.8. The predicted molar refractivity (Wildman–Crippen MR) is 95.6 cm³/mol. The molecule has 136 valence electrons. The van der Waals surface area contributed by atoms with Gasteiger partial charge in [0.25, 0.3) is 5.91 Å². The molecular formula is C19H23N5O2. The van der Waals surface area contributed by atoms with E-state index in [2.05, 4.69) is 25.4 Å². The van der Waals surface area contributed by atoms with Gasteiger partial charge in [0.1, 0.15) is 11.6 Å². The van der Waals surface area contributed by atoms with Crippen molar-refractivity contribution in [3.8, 4) is 0 Å². The van der Waals surface area contributed by atoms with E-state index < -0.39 is 0 Å². The van der Waals surface area contributed by atoms with Crippen molar-refractivity contribution in [2.24, 2.45) is 0 Å². The molecule has 7 heteroatoms. The lowest BCUT2D eigenvalue weighted by molar-refractivity contribution is -0.120. The Kier molecular flexibility index (Phi) is 4.69. The van der Waals surface area contributed by atoms with Crippen molar-refractivity contribution >= 4 is 11.8 Å². The van der Waals surface area contributed by atoms with Crippen molar-refractivity contribution in [1.29, 1.82) is 0 Å². The number of rotatable bonds is 5. The lowest BCUT2D eigenvalue weighted by Gasteiger charge is -2.16. The number of carbonyl (C=O) groups excluding carboxylic acids is 2. The zero-order chi connectivity index (χ0) is 17.9. The quantitative estimate of drug-likeness (QED) is 0.850. The zero-order valence-electron chi connectivity index (χ0n) is 14.6. The van der Waals surface area contributed by atoms with E-state index in [1.807, 2.05) is 6.07 Å². The molecule has 2 aromatic rings. The highest BCUT2D eigenvalue weighted by Crippen LogP contribution is 2.39. The van der Waals surface area contributed by atoms with E-state index >= 15 is 0 Å². The number of nitrogens with one attached hydrogen (secondary N) is 2. The van der Waals surface area contributed by atoms with Crippen LogP contribution in [0, 0.1) is 0 Å². The molecule has 1 aliphatic carbocycles. The van der Waals surface area contributed by atoms with Crippen LogP contribution >= 0.6 is 0 Å². The Balaban J connectivity index is 1.27. The van der Waals surface area contributed by atoms with Gasteiger partial charge >= 0.3 is 0 Å². The van der Waals surface area contributed by atoms with Crippen LogP contribution in [-0.2, 0) is 17.8 Å². The number of benzene rings is 1. The molecule has 7 nitrogen and oxygen atoms in total. The predicted octanol–water partition coefficient (Wildman–Crippen LogP) is 1.41. The number of aryl methyl sites for hydroxylation is 1. The van der Waals surface area contributed by atoms with Crippen molar-refractivity contribution in [1.82, 2.24) is 25.4 Å². The van der Waals surface area contributed by atoms with Gasteiger partial charge < -0.3 is 15.2 Å². The molecule has 1 aromatic carbocycles. The first-order valence-electron chi connectivity index (χ1n) is 9.25. The third-order valence-corrected chi connectivity index (χ3v) is 5.03. The molecule has 1 saturated carbocycles. The number of aromatic nitrogens is 3. The molecule has 1 aromatic heterocycles. The maximum absolute atomic E-state index is 12.2.